The van der Waals surface area contributed by atoms with Gasteiger partial charge in [-0.15, -0.1) is 0 Å². The van der Waals surface area contributed by atoms with Crippen LogP contribution in [0.25, 0.3) is 0 Å². The van der Waals surface area contributed by atoms with Gasteiger partial charge in [-0.2, -0.15) is 0 Å². The van der Waals surface area contributed by atoms with E-state index in [9.17, 15) is 9.90 Å². The predicted octanol–water partition coefficient (Wildman–Crippen LogP) is 4.16. The third-order valence-electron chi connectivity index (χ3n) is 3.14. The van der Waals surface area contributed by atoms with Crippen molar-refractivity contribution in [1.29, 1.82) is 0 Å². The zero-order valence-electron chi connectivity index (χ0n) is 13.1. The van der Waals surface area contributed by atoms with Crippen LogP contribution in [0.3, 0.4) is 0 Å². The Labute approximate surface area is 123 Å². The molecule has 0 saturated carbocycles. The van der Waals surface area contributed by atoms with Crippen molar-refractivity contribution in [3.63, 3.8) is 0 Å². The molecule has 0 aromatic heterocycles. The summed E-state index contributed by atoms with van der Waals surface area (Å²) in [5.74, 6) is -0.106. The topological polar surface area (TPSA) is 46.5 Å². The second-order valence-corrected chi connectivity index (χ2v) is 5.36. The molecule has 20 heavy (non-hydrogen) atoms. The van der Waals surface area contributed by atoms with E-state index in [2.05, 4.69) is 23.5 Å². The highest BCUT2D eigenvalue weighted by Gasteiger charge is 1.99. The van der Waals surface area contributed by atoms with Crippen LogP contribution in [0.4, 0.5) is 0 Å². The van der Waals surface area contributed by atoms with Crippen LogP contribution >= 0.6 is 0 Å². The van der Waals surface area contributed by atoms with E-state index in [-0.39, 0.29) is 12.1 Å². The molecule has 0 amide bonds. The Morgan fingerprint density at radius 2 is 1.85 bits per heavy atom. The molecule has 0 saturated heterocycles. The molecule has 0 spiro atoms. The minimum Gasteiger partial charge on any atom is -0.469 e. The minimum absolute atomic E-state index is 0.106. The van der Waals surface area contributed by atoms with Crippen LogP contribution in [0.2, 0.25) is 0 Å². The first-order valence-electron chi connectivity index (χ1n) is 7.62. The highest BCUT2D eigenvalue weighted by molar-refractivity contribution is 5.68. The number of hydrogen-bond acceptors (Lipinski definition) is 3. The Hall–Kier alpha value is -1.09. The lowest BCUT2D eigenvalue weighted by atomic mass is 10.1. The number of aliphatic hydroxyl groups excluding tert-OH is 1. The van der Waals surface area contributed by atoms with Crippen molar-refractivity contribution in [2.75, 3.05) is 7.11 Å². The second-order valence-electron chi connectivity index (χ2n) is 5.36. The highest BCUT2D eigenvalue weighted by atomic mass is 16.5. The standard InChI is InChI=1S/C17H30O3/c1-15(14-16(2)18)12-10-8-6-4-5-7-9-11-13-17(19)20-3/h8,10,16,18H,1,4-7,9,11-14H2,2-3H3/b10-8+. The molecule has 116 valence electrons. The molecule has 0 rings (SSSR count). The summed E-state index contributed by atoms with van der Waals surface area (Å²) in [7, 11) is 1.44. The smallest absolute Gasteiger partial charge is 0.305 e. The molecule has 0 aromatic carbocycles. The molecule has 1 N–H and O–H groups in total. The van der Waals surface area contributed by atoms with Gasteiger partial charge >= 0.3 is 5.97 Å². The number of ether oxygens (including phenoxy) is 1. The Balaban J connectivity index is 3.31. The number of carbonyl (C=O) groups excluding carboxylic acids is 1. The molecule has 1 atom stereocenters. The summed E-state index contributed by atoms with van der Waals surface area (Å²) < 4.78 is 4.59. The third-order valence-corrected chi connectivity index (χ3v) is 3.14. The van der Waals surface area contributed by atoms with Gasteiger partial charge in [0.15, 0.2) is 0 Å². The molecule has 3 heteroatoms. The lowest BCUT2D eigenvalue weighted by Crippen LogP contribution is -1.99. The molecule has 0 bridgehead atoms. The Bertz CT molecular complexity index is 293. The number of allylic oxidation sites excluding steroid dienone is 2. The second kappa shape index (κ2) is 12.9. The van der Waals surface area contributed by atoms with E-state index >= 15 is 0 Å². The SMILES string of the molecule is C=C(C/C=C/CCCCCCCC(=O)OC)CC(C)O. The summed E-state index contributed by atoms with van der Waals surface area (Å²) in [5.41, 5.74) is 1.08. The molecular weight excluding hydrogens is 252 g/mol. The van der Waals surface area contributed by atoms with Crippen molar-refractivity contribution < 1.29 is 14.6 Å². The van der Waals surface area contributed by atoms with Crippen LogP contribution in [0.5, 0.6) is 0 Å². The monoisotopic (exact) mass is 282 g/mol. The third kappa shape index (κ3) is 13.3. The fraction of sp³-hybridized carbons (Fsp3) is 0.706. The number of aliphatic hydroxyl groups is 1. The van der Waals surface area contributed by atoms with Crippen LogP contribution < -0.4 is 0 Å². The summed E-state index contributed by atoms with van der Waals surface area (Å²) in [4.78, 5) is 10.9. The quantitative estimate of drug-likeness (QED) is 0.332. The van der Waals surface area contributed by atoms with Gasteiger partial charge in [-0.05, 0) is 39.0 Å². The maximum atomic E-state index is 10.9. The lowest BCUT2D eigenvalue weighted by molar-refractivity contribution is -0.140. The maximum absolute atomic E-state index is 10.9. The van der Waals surface area contributed by atoms with Crippen molar-refractivity contribution in [3.05, 3.63) is 24.3 Å². The summed E-state index contributed by atoms with van der Waals surface area (Å²) in [5, 5.41) is 9.20. The Morgan fingerprint density at radius 1 is 1.20 bits per heavy atom. The van der Waals surface area contributed by atoms with Gasteiger partial charge in [0.25, 0.3) is 0 Å². The zero-order valence-corrected chi connectivity index (χ0v) is 13.1. The lowest BCUT2D eigenvalue weighted by Gasteiger charge is -2.04. The zero-order chi connectivity index (χ0) is 15.2. The van der Waals surface area contributed by atoms with Crippen molar-refractivity contribution in [2.45, 2.75) is 70.8 Å². The van der Waals surface area contributed by atoms with Crippen molar-refractivity contribution >= 4 is 5.97 Å². The summed E-state index contributed by atoms with van der Waals surface area (Å²) in [6.07, 6.45) is 12.8. The first-order chi connectivity index (χ1) is 9.56. The van der Waals surface area contributed by atoms with Crippen LogP contribution in [0.1, 0.15) is 64.7 Å². The van der Waals surface area contributed by atoms with E-state index in [0.29, 0.717) is 12.8 Å². The number of hydrogen-bond donors (Lipinski definition) is 1. The van der Waals surface area contributed by atoms with Crippen molar-refractivity contribution in [3.8, 4) is 0 Å². The van der Waals surface area contributed by atoms with Gasteiger partial charge in [-0.3, -0.25) is 4.79 Å². The number of esters is 1. The fourth-order valence-corrected chi connectivity index (χ4v) is 2.03. The number of carbonyl (C=O) groups is 1. The normalized spacial score (nSPS) is 12.6. The molecule has 0 aromatic rings. The van der Waals surface area contributed by atoms with E-state index in [1.807, 2.05) is 0 Å². The predicted molar refractivity (Wildman–Crippen MR) is 83.5 cm³/mol. The average molecular weight is 282 g/mol. The van der Waals surface area contributed by atoms with E-state index in [1.54, 1.807) is 6.92 Å². The molecule has 0 radical (unpaired) electrons. The van der Waals surface area contributed by atoms with Gasteiger partial charge in [-0.1, -0.05) is 43.6 Å². The van der Waals surface area contributed by atoms with Crippen LogP contribution in [-0.2, 0) is 9.53 Å². The number of unbranched alkanes of at least 4 members (excludes halogenated alkanes) is 5. The Kier molecular flexibility index (Phi) is 12.2. The largest absolute Gasteiger partial charge is 0.469 e. The molecule has 0 heterocycles. The summed E-state index contributed by atoms with van der Waals surface area (Å²) in [6.45, 7) is 5.72. The molecule has 0 aliphatic rings. The highest BCUT2D eigenvalue weighted by Crippen LogP contribution is 2.10. The number of rotatable bonds is 12. The van der Waals surface area contributed by atoms with Crippen molar-refractivity contribution in [2.24, 2.45) is 0 Å². The molecule has 3 nitrogen and oxygen atoms in total. The molecule has 0 aliphatic heterocycles. The molecule has 0 aliphatic carbocycles. The molecule has 0 fully saturated rings. The minimum atomic E-state index is -0.291. The van der Waals surface area contributed by atoms with E-state index in [1.165, 1.54) is 26.4 Å². The molecular formula is C17H30O3. The van der Waals surface area contributed by atoms with E-state index < -0.39 is 0 Å². The Morgan fingerprint density at radius 3 is 2.50 bits per heavy atom. The summed E-state index contributed by atoms with van der Waals surface area (Å²) >= 11 is 0. The summed E-state index contributed by atoms with van der Waals surface area (Å²) in [6, 6.07) is 0. The number of methoxy groups -OCH3 is 1. The molecule has 1 unspecified atom stereocenters. The van der Waals surface area contributed by atoms with Gasteiger partial charge in [0.1, 0.15) is 0 Å². The van der Waals surface area contributed by atoms with Gasteiger partial charge in [0.2, 0.25) is 0 Å². The van der Waals surface area contributed by atoms with Gasteiger partial charge in [0.05, 0.1) is 13.2 Å². The van der Waals surface area contributed by atoms with Crippen LogP contribution in [0.15, 0.2) is 24.3 Å². The van der Waals surface area contributed by atoms with Gasteiger partial charge in [-0.25, -0.2) is 0 Å². The van der Waals surface area contributed by atoms with Crippen LogP contribution in [-0.4, -0.2) is 24.3 Å². The average Bonchev–Trinajstić information content (AvgIpc) is 2.39. The van der Waals surface area contributed by atoms with Gasteiger partial charge in [0, 0.05) is 6.42 Å². The van der Waals surface area contributed by atoms with E-state index in [4.69, 9.17) is 0 Å². The van der Waals surface area contributed by atoms with Crippen molar-refractivity contribution in [1.82, 2.24) is 0 Å². The van der Waals surface area contributed by atoms with Gasteiger partial charge < -0.3 is 9.84 Å². The first-order valence-corrected chi connectivity index (χ1v) is 7.62. The fourth-order valence-electron chi connectivity index (χ4n) is 2.03. The first kappa shape index (κ1) is 18.9. The van der Waals surface area contributed by atoms with Crippen LogP contribution in [0, 0.1) is 0 Å². The maximum Gasteiger partial charge on any atom is 0.305 e. The van der Waals surface area contributed by atoms with E-state index in [0.717, 1.165) is 31.3 Å².